The Morgan fingerprint density at radius 1 is 1.56 bits per heavy atom. The van der Waals surface area contributed by atoms with Crippen LogP contribution in [0.2, 0.25) is 0 Å². The Morgan fingerprint density at radius 2 is 2.33 bits per heavy atom. The standard InChI is InChI=1S/C6H8N3/c1-5(2)6-3-4-7-9-8-6/h3,5H,1-2H3. The average Bonchev–Trinajstić information content (AvgIpc) is 1.90. The minimum absolute atomic E-state index is 0.414. The van der Waals surface area contributed by atoms with Crippen LogP contribution in [0.15, 0.2) is 6.07 Å². The highest BCUT2D eigenvalue weighted by atomic mass is 15.3. The largest absolute Gasteiger partial charge is 0.135 e. The molecule has 0 N–H and O–H groups in total. The molecule has 0 aliphatic heterocycles. The molecule has 0 saturated heterocycles. The van der Waals surface area contributed by atoms with Gasteiger partial charge in [0.25, 0.3) is 0 Å². The topological polar surface area (TPSA) is 38.7 Å². The van der Waals surface area contributed by atoms with Crippen molar-refractivity contribution in [2.24, 2.45) is 0 Å². The van der Waals surface area contributed by atoms with E-state index in [1.165, 1.54) is 0 Å². The van der Waals surface area contributed by atoms with Crippen LogP contribution in [0.3, 0.4) is 0 Å². The van der Waals surface area contributed by atoms with E-state index in [0.29, 0.717) is 5.92 Å². The summed E-state index contributed by atoms with van der Waals surface area (Å²) in [6.07, 6.45) is 2.62. The van der Waals surface area contributed by atoms with Crippen molar-refractivity contribution in [3.8, 4) is 0 Å². The summed E-state index contributed by atoms with van der Waals surface area (Å²) < 4.78 is 0. The smallest absolute Gasteiger partial charge is 0.117 e. The van der Waals surface area contributed by atoms with Gasteiger partial charge in [0.05, 0.1) is 5.69 Å². The van der Waals surface area contributed by atoms with E-state index < -0.39 is 0 Å². The number of rotatable bonds is 1. The molecule has 0 unspecified atom stereocenters. The lowest BCUT2D eigenvalue weighted by Crippen LogP contribution is -1.95. The molecule has 0 aliphatic carbocycles. The van der Waals surface area contributed by atoms with Crippen LogP contribution in [-0.4, -0.2) is 15.4 Å². The summed E-state index contributed by atoms with van der Waals surface area (Å²) in [4.78, 5) is 0. The Labute approximate surface area is 54.1 Å². The van der Waals surface area contributed by atoms with Crippen molar-refractivity contribution >= 4 is 0 Å². The predicted molar refractivity (Wildman–Crippen MR) is 32.8 cm³/mol. The summed E-state index contributed by atoms with van der Waals surface area (Å²) in [5, 5.41) is 10.7. The van der Waals surface area contributed by atoms with Crippen LogP contribution in [0.1, 0.15) is 25.5 Å². The van der Waals surface area contributed by atoms with Crippen LogP contribution < -0.4 is 0 Å². The molecule has 9 heavy (non-hydrogen) atoms. The van der Waals surface area contributed by atoms with E-state index >= 15 is 0 Å². The van der Waals surface area contributed by atoms with Crippen molar-refractivity contribution < 1.29 is 0 Å². The van der Waals surface area contributed by atoms with E-state index in [2.05, 4.69) is 35.5 Å². The maximum Gasteiger partial charge on any atom is 0.117 e. The highest BCUT2D eigenvalue weighted by molar-refractivity contribution is 4.99. The van der Waals surface area contributed by atoms with Gasteiger partial charge in [-0.25, -0.2) is 0 Å². The summed E-state index contributed by atoms with van der Waals surface area (Å²) >= 11 is 0. The second-order valence-corrected chi connectivity index (χ2v) is 2.14. The number of nitrogens with zero attached hydrogens (tertiary/aromatic N) is 3. The molecular formula is C6H8N3. The monoisotopic (exact) mass is 122 g/mol. The SMILES string of the molecule is CC(C)c1c[c]nnn1. The van der Waals surface area contributed by atoms with Crippen molar-refractivity contribution in [3.05, 3.63) is 18.0 Å². The van der Waals surface area contributed by atoms with Gasteiger partial charge in [0.15, 0.2) is 0 Å². The van der Waals surface area contributed by atoms with Crippen LogP contribution >= 0.6 is 0 Å². The lowest BCUT2D eigenvalue weighted by molar-refractivity contribution is 0.739. The van der Waals surface area contributed by atoms with E-state index in [4.69, 9.17) is 0 Å². The molecule has 0 atom stereocenters. The average molecular weight is 122 g/mol. The van der Waals surface area contributed by atoms with Gasteiger partial charge in [0, 0.05) is 0 Å². The Balaban J connectivity index is 2.85. The number of hydrogen-bond donors (Lipinski definition) is 0. The molecule has 0 amide bonds. The van der Waals surface area contributed by atoms with Crippen LogP contribution in [0.4, 0.5) is 0 Å². The fraction of sp³-hybridized carbons (Fsp3) is 0.500. The molecule has 0 aromatic carbocycles. The fourth-order valence-electron chi connectivity index (χ4n) is 0.506. The number of hydrogen-bond acceptors (Lipinski definition) is 3. The number of aromatic nitrogens is 3. The normalized spacial score (nSPS) is 10.1. The summed E-state index contributed by atoms with van der Waals surface area (Å²) in [5.41, 5.74) is 0.935. The Morgan fingerprint density at radius 3 is 2.67 bits per heavy atom. The van der Waals surface area contributed by atoms with Gasteiger partial charge >= 0.3 is 0 Å². The molecule has 0 spiro atoms. The molecule has 47 valence electrons. The van der Waals surface area contributed by atoms with E-state index in [9.17, 15) is 0 Å². The minimum Gasteiger partial charge on any atom is -0.135 e. The molecule has 3 heteroatoms. The molecule has 0 fully saturated rings. The Hall–Kier alpha value is -0.990. The third-order valence-corrected chi connectivity index (χ3v) is 1.07. The van der Waals surface area contributed by atoms with Gasteiger partial charge in [0.1, 0.15) is 6.20 Å². The second kappa shape index (κ2) is 2.53. The van der Waals surface area contributed by atoms with Gasteiger partial charge in [-0.1, -0.05) is 13.8 Å². The van der Waals surface area contributed by atoms with Crippen LogP contribution in [0.5, 0.6) is 0 Å². The predicted octanol–water partition coefficient (Wildman–Crippen LogP) is 0.795. The Bertz CT molecular complexity index is 171. The zero-order valence-electron chi connectivity index (χ0n) is 5.50. The van der Waals surface area contributed by atoms with E-state index in [0.717, 1.165) is 5.69 Å². The molecule has 0 saturated carbocycles. The summed E-state index contributed by atoms with van der Waals surface area (Å²) in [5.74, 6) is 0.414. The molecule has 3 nitrogen and oxygen atoms in total. The summed E-state index contributed by atoms with van der Waals surface area (Å²) in [6, 6.07) is 1.75. The first kappa shape index (κ1) is 6.13. The van der Waals surface area contributed by atoms with Gasteiger partial charge < -0.3 is 0 Å². The summed E-state index contributed by atoms with van der Waals surface area (Å²) in [7, 11) is 0. The molecule has 1 heterocycles. The van der Waals surface area contributed by atoms with Gasteiger partial charge in [-0.15, -0.1) is 10.2 Å². The first-order valence-electron chi connectivity index (χ1n) is 2.87. The molecule has 1 aromatic rings. The Kier molecular flexibility index (Phi) is 1.72. The first-order chi connectivity index (χ1) is 4.30. The molecule has 1 rings (SSSR count). The fourth-order valence-corrected chi connectivity index (χ4v) is 0.506. The lowest BCUT2D eigenvalue weighted by Gasteiger charge is -1.97. The van der Waals surface area contributed by atoms with Crippen molar-refractivity contribution in [1.82, 2.24) is 15.4 Å². The lowest BCUT2D eigenvalue weighted by atomic mass is 10.1. The quantitative estimate of drug-likeness (QED) is 0.553. The maximum atomic E-state index is 3.79. The molecule has 0 aliphatic rings. The minimum atomic E-state index is 0.414. The molecule has 1 aromatic heterocycles. The third kappa shape index (κ3) is 1.45. The summed E-state index contributed by atoms with van der Waals surface area (Å²) in [6.45, 7) is 4.11. The highest BCUT2D eigenvalue weighted by Gasteiger charge is 1.97. The van der Waals surface area contributed by atoms with Gasteiger partial charge in [-0.05, 0) is 17.2 Å². The molecule has 0 bridgehead atoms. The van der Waals surface area contributed by atoms with E-state index in [1.54, 1.807) is 6.07 Å². The molecular weight excluding hydrogens is 114 g/mol. The maximum absolute atomic E-state index is 3.79. The van der Waals surface area contributed by atoms with Crippen LogP contribution in [-0.2, 0) is 0 Å². The van der Waals surface area contributed by atoms with Crippen molar-refractivity contribution in [2.45, 2.75) is 19.8 Å². The third-order valence-electron chi connectivity index (χ3n) is 1.07. The molecule has 1 radical (unpaired) electrons. The zero-order valence-corrected chi connectivity index (χ0v) is 5.50. The van der Waals surface area contributed by atoms with E-state index in [-0.39, 0.29) is 0 Å². The van der Waals surface area contributed by atoms with Gasteiger partial charge in [0.2, 0.25) is 0 Å². The zero-order chi connectivity index (χ0) is 6.69. The van der Waals surface area contributed by atoms with E-state index in [1.807, 2.05) is 0 Å². The van der Waals surface area contributed by atoms with Gasteiger partial charge in [-0.2, -0.15) is 0 Å². The highest BCUT2D eigenvalue weighted by Crippen LogP contribution is 2.06. The first-order valence-corrected chi connectivity index (χ1v) is 2.87. The van der Waals surface area contributed by atoms with Gasteiger partial charge in [-0.3, -0.25) is 0 Å². The van der Waals surface area contributed by atoms with Crippen LogP contribution in [0, 0.1) is 6.20 Å². The van der Waals surface area contributed by atoms with Crippen LogP contribution in [0.25, 0.3) is 0 Å². The second-order valence-electron chi connectivity index (χ2n) is 2.14. The van der Waals surface area contributed by atoms with Crippen molar-refractivity contribution in [3.63, 3.8) is 0 Å². The van der Waals surface area contributed by atoms with Crippen molar-refractivity contribution in [1.29, 1.82) is 0 Å². The van der Waals surface area contributed by atoms with Crippen molar-refractivity contribution in [2.75, 3.05) is 0 Å².